The van der Waals surface area contributed by atoms with E-state index in [1.54, 1.807) is 0 Å². The van der Waals surface area contributed by atoms with Gasteiger partial charge in [-0.15, -0.1) is 0 Å². The lowest BCUT2D eigenvalue weighted by Crippen LogP contribution is -2.43. The van der Waals surface area contributed by atoms with E-state index in [0.717, 1.165) is 40.4 Å². The molecular weight excluding hydrogens is 416 g/mol. The van der Waals surface area contributed by atoms with Crippen LogP contribution < -0.4 is 0 Å². The Morgan fingerprint density at radius 2 is 1.44 bits per heavy atom. The summed E-state index contributed by atoms with van der Waals surface area (Å²) >= 11 is 0. The molecular formula is C30H28N4. The topological polar surface area (TPSA) is 60.9 Å². The Bertz CT molecular complexity index is 1350. The van der Waals surface area contributed by atoms with E-state index >= 15 is 0 Å². The third-order valence-electron chi connectivity index (χ3n) is 6.44. The minimum absolute atomic E-state index is 0.251. The van der Waals surface area contributed by atoms with Gasteiger partial charge in [-0.05, 0) is 80.0 Å². The van der Waals surface area contributed by atoms with Crippen molar-refractivity contribution in [1.82, 2.24) is 0 Å². The van der Waals surface area contributed by atoms with Gasteiger partial charge in [0, 0.05) is 5.41 Å². The molecule has 5 rings (SSSR count). The van der Waals surface area contributed by atoms with Crippen molar-refractivity contribution in [3.05, 3.63) is 108 Å². The van der Waals surface area contributed by atoms with Crippen molar-refractivity contribution in [3.63, 3.8) is 0 Å². The first-order valence-corrected chi connectivity index (χ1v) is 11.6. The molecule has 2 aliphatic carbocycles. The Hall–Kier alpha value is -3.92. The Morgan fingerprint density at radius 1 is 0.794 bits per heavy atom. The maximum Gasteiger partial charge on any atom is 0.0889 e. The second-order valence-electron chi connectivity index (χ2n) is 9.73. The van der Waals surface area contributed by atoms with Crippen LogP contribution in [0.25, 0.3) is 0 Å². The SMILES string of the molecule is CC1(C)CC(C)(C2=CC=CC(=Nc3ccccc3)C2=N)C2=CC(=Nc3ccccc3)C=CC2=N1. The summed E-state index contributed by atoms with van der Waals surface area (Å²) in [5.74, 6) is 0. The Labute approximate surface area is 201 Å². The number of para-hydroxylation sites is 2. The molecule has 4 heteroatoms. The first-order chi connectivity index (χ1) is 16.3. The number of hydrogen-bond donors (Lipinski definition) is 1. The van der Waals surface area contributed by atoms with Gasteiger partial charge in [-0.25, -0.2) is 9.98 Å². The van der Waals surface area contributed by atoms with Gasteiger partial charge in [-0.2, -0.15) is 0 Å². The second-order valence-corrected chi connectivity index (χ2v) is 9.73. The Kier molecular flexibility index (Phi) is 5.45. The Morgan fingerprint density at radius 3 is 2.12 bits per heavy atom. The number of nitrogens with one attached hydrogen (secondary N) is 1. The second kappa shape index (κ2) is 8.45. The molecule has 2 aromatic rings. The van der Waals surface area contributed by atoms with E-state index in [-0.39, 0.29) is 5.54 Å². The fraction of sp³-hybridized carbons (Fsp3) is 0.200. The number of allylic oxidation sites excluding steroid dienone is 8. The minimum atomic E-state index is -0.401. The van der Waals surface area contributed by atoms with E-state index in [0.29, 0.717) is 11.4 Å². The largest absolute Gasteiger partial charge is 0.298 e. The van der Waals surface area contributed by atoms with E-state index < -0.39 is 5.41 Å². The zero-order valence-corrected chi connectivity index (χ0v) is 19.8. The highest BCUT2D eigenvalue weighted by Crippen LogP contribution is 2.49. The molecule has 0 fully saturated rings. The summed E-state index contributed by atoms with van der Waals surface area (Å²) in [5.41, 5.74) is 6.18. The number of hydrogen-bond acceptors (Lipinski definition) is 4. The average molecular weight is 445 g/mol. The van der Waals surface area contributed by atoms with E-state index in [4.69, 9.17) is 20.4 Å². The van der Waals surface area contributed by atoms with Crippen molar-refractivity contribution in [3.8, 4) is 0 Å². The maximum atomic E-state index is 9.11. The van der Waals surface area contributed by atoms with Gasteiger partial charge in [0.15, 0.2) is 0 Å². The summed E-state index contributed by atoms with van der Waals surface area (Å²) in [6, 6.07) is 19.8. The van der Waals surface area contributed by atoms with Gasteiger partial charge in [0.1, 0.15) is 0 Å². The number of benzene rings is 2. The van der Waals surface area contributed by atoms with Crippen LogP contribution in [0.15, 0.2) is 123 Å². The third kappa shape index (κ3) is 4.19. The molecule has 1 heterocycles. The van der Waals surface area contributed by atoms with Crippen LogP contribution >= 0.6 is 0 Å². The smallest absolute Gasteiger partial charge is 0.0889 e. The average Bonchev–Trinajstić information content (AvgIpc) is 2.81. The summed E-state index contributed by atoms with van der Waals surface area (Å²) in [5, 5.41) is 9.11. The molecule has 1 N–H and O–H groups in total. The predicted molar refractivity (Wildman–Crippen MR) is 143 cm³/mol. The summed E-state index contributed by atoms with van der Waals surface area (Å²) in [4.78, 5) is 14.6. The highest BCUT2D eigenvalue weighted by molar-refractivity contribution is 6.52. The van der Waals surface area contributed by atoms with Gasteiger partial charge < -0.3 is 0 Å². The molecule has 0 saturated heterocycles. The van der Waals surface area contributed by atoms with Crippen molar-refractivity contribution >= 4 is 34.2 Å². The highest BCUT2D eigenvalue weighted by Gasteiger charge is 2.46. The lowest BCUT2D eigenvalue weighted by atomic mass is 9.62. The number of nitrogens with zero attached hydrogens (tertiary/aromatic N) is 3. The van der Waals surface area contributed by atoms with Crippen LogP contribution in [0.4, 0.5) is 11.4 Å². The quantitative estimate of drug-likeness (QED) is 0.385. The van der Waals surface area contributed by atoms with Crippen LogP contribution in [-0.2, 0) is 0 Å². The number of rotatable bonds is 3. The van der Waals surface area contributed by atoms with Crippen LogP contribution in [0.3, 0.4) is 0 Å². The molecule has 168 valence electrons. The van der Waals surface area contributed by atoms with Crippen LogP contribution in [0.1, 0.15) is 27.2 Å². The molecule has 0 spiro atoms. The highest BCUT2D eigenvalue weighted by atomic mass is 14.9. The molecule has 0 saturated carbocycles. The summed E-state index contributed by atoms with van der Waals surface area (Å²) in [6.45, 7) is 6.56. The lowest BCUT2D eigenvalue weighted by Gasteiger charge is -2.45. The molecule has 0 bridgehead atoms. The molecule has 0 aromatic heterocycles. The van der Waals surface area contributed by atoms with Gasteiger partial charge in [-0.1, -0.05) is 55.5 Å². The van der Waals surface area contributed by atoms with Gasteiger partial charge in [0.05, 0.1) is 39.8 Å². The molecule has 0 radical (unpaired) electrons. The number of aliphatic imine (C=N–C) groups is 3. The monoisotopic (exact) mass is 444 g/mol. The summed E-state index contributed by atoms with van der Waals surface area (Å²) in [6.07, 6.45) is 13.0. The fourth-order valence-electron chi connectivity index (χ4n) is 5.09. The van der Waals surface area contributed by atoms with Gasteiger partial charge in [0.2, 0.25) is 0 Å². The third-order valence-corrected chi connectivity index (χ3v) is 6.44. The zero-order chi connectivity index (χ0) is 23.8. The maximum absolute atomic E-state index is 9.11. The summed E-state index contributed by atoms with van der Waals surface area (Å²) < 4.78 is 0. The Balaban J connectivity index is 1.58. The summed E-state index contributed by atoms with van der Waals surface area (Å²) in [7, 11) is 0. The van der Waals surface area contributed by atoms with E-state index in [1.165, 1.54) is 0 Å². The zero-order valence-electron chi connectivity index (χ0n) is 19.8. The van der Waals surface area contributed by atoms with Gasteiger partial charge in [0.25, 0.3) is 0 Å². The first-order valence-electron chi connectivity index (χ1n) is 11.6. The number of fused-ring (bicyclic) bond motifs is 1. The van der Waals surface area contributed by atoms with Crippen molar-refractivity contribution in [2.45, 2.75) is 32.7 Å². The van der Waals surface area contributed by atoms with E-state index in [9.17, 15) is 0 Å². The van der Waals surface area contributed by atoms with Gasteiger partial charge in [-0.3, -0.25) is 10.4 Å². The van der Waals surface area contributed by atoms with E-state index in [1.807, 2.05) is 78.9 Å². The predicted octanol–water partition coefficient (Wildman–Crippen LogP) is 7.17. The van der Waals surface area contributed by atoms with Crippen LogP contribution in [0, 0.1) is 10.8 Å². The van der Waals surface area contributed by atoms with Crippen molar-refractivity contribution in [2.24, 2.45) is 20.4 Å². The minimum Gasteiger partial charge on any atom is -0.298 e. The van der Waals surface area contributed by atoms with Crippen LogP contribution in [0.2, 0.25) is 0 Å². The fourth-order valence-corrected chi connectivity index (χ4v) is 5.09. The molecule has 34 heavy (non-hydrogen) atoms. The molecule has 4 nitrogen and oxygen atoms in total. The standard InChI is InChI=1S/C30H28N4/c1-29(2)20-30(3,24-15-10-16-27(28(24)31)33-22-13-8-5-9-14-22)25-19-23(17-18-26(25)34-29)32-21-11-6-4-7-12-21/h4-19,31H,20H2,1-3H3. The normalized spacial score (nSPS) is 25.6. The van der Waals surface area contributed by atoms with Crippen LogP contribution in [0.5, 0.6) is 0 Å². The van der Waals surface area contributed by atoms with E-state index in [2.05, 4.69) is 39.0 Å². The van der Waals surface area contributed by atoms with Crippen molar-refractivity contribution in [2.75, 3.05) is 0 Å². The van der Waals surface area contributed by atoms with Crippen molar-refractivity contribution in [1.29, 1.82) is 5.41 Å². The molecule has 1 unspecified atom stereocenters. The van der Waals surface area contributed by atoms with Crippen molar-refractivity contribution < 1.29 is 0 Å². The van der Waals surface area contributed by atoms with Gasteiger partial charge >= 0.3 is 0 Å². The molecule has 0 amide bonds. The molecule has 3 aliphatic rings. The lowest BCUT2D eigenvalue weighted by molar-refractivity contribution is 0.330. The molecule has 2 aromatic carbocycles. The molecule has 1 aliphatic heterocycles. The molecule has 1 atom stereocenters. The van der Waals surface area contributed by atoms with Crippen LogP contribution in [-0.4, -0.2) is 28.4 Å². The first kappa shape index (κ1) is 21.9.